The van der Waals surface area contributed by atoms with Crippen molar-refractivity contribution in [2.45, 2.75) is 32.1 Å². The quantitative estimate of drug-likeness (QED) is 0.404. The van der Waals surface area contributed by atoms with Crippen LogP contribution >= 0.6 is 0 Å². The van der Waals surface area contributed by atoms with Crippen LogP contribution < -0.4 is 11.5 Å². The monoisotopic (exact) mass is 373 g/mol. The highest BCUT2D eigenvalue weighted by molar-refractivity contribution is 6.17. The van der Waals surface area contributed by atoms with Crippen LogP contribution in [-0.2, 0) is 7.05 Å². The molecule has 1 aliphatic carbocycles. The van der Waals surface area contributed by atoms with Crippen LogP contribution in [0.2, 0.25) is 0 Å². The van der Waals surface area contributed by atoms with Crippen molar-refractivity contribution in [1.82, 2.24) is 4.57 Å². The van der Waals surface area contributed by atoms with Crippen molar-refractivity contribution >= 4 is 22.6 Å². The summed E-state index contributed by atoms with van der Waals surface area (Å²) in [6.45, 7) is 0. The molecule has 144 valence electrons. The zero-order valence-electron chi connectivity index (χ0n) is 16.3. The first-order valence-electron chi connectivity index (χ1n) is 9.96. The van der Waals surface area contributed by atoms with Crippen molar-refractivity contribution in [3.63, 3.8) is 0 Å². The Morgan fingerprint density at radius 3 is 2.29 bits per heavy atom. The fraction of sp³-hybridized carbons (Fsp3) is 0.304. The Balaban J connectivity index is 2.01. The summed E-state index contributed by atoms with van der Waals surface area (Å²) in [6.07, 6.45) is 5.97. The third-order valence-corrected chi connectivity index (χ3v) is 5.68. The summed E-state index contributed by atoms with van der Waals surface area (Å²) in [6, 6.07) is 19.0. The molecule has 0 unspecified atom stereocenters. The topological polar surface area (TPSA) is 81.7 Å². The molecule has 3 aromatic rings. The van der Waals surface area contributed by atoms with Crippen LogP contribution in [0.1, 0.15) is 37.7 Å². The zero-order chi connectivity index (χ0) is 19.5. The highest BCUT2D eigenvalue weighted by Crippen LogP contribution is 2.38. The van der Waals surface area contributed by atoms with Gasteiger partial charge in [-0.15, -0.1) is 5.10 Å². The summed E-state index contributed by atoms with van der Waals surface area (Å²) in [7, 11) is 2.12. The first kappa shape index (κ1) is 18.3. The molecule has 1 fully saturated rings. The van der Waals surface area contributed by atoms with Gasteiger partial charge in [0.2, 0.25) is 5.96 Å². The van der Waals surface area contributed by atoms with E-state index in [0.717, 1.165) is 29.8 Å². The standard InChI is InChI=1S/C23H27N5/c1-28-19-15-9-8-14-18(19)20(22(28)17-12-6-3-7-13-17)21(26-27-23(24)25)16-10-4-2-5-11-16/h3,6-9,12-16H,2,4-5,10-11H2,1H3,(H4,24,25,27). The molecule has 0 saturated heterocycles. The summed E-state index contributed by atoms with van der Waals surface area (Å²) in [5, 5.41) is 9.88. The summed E-state index contributed by atoms with van der Waals surface area (Å²) in [5.41, 5.74) is 16.9. The van der Waals surface area contributed by atoms with Gasteiger partial charge in [-0.3, -0.25) is 0 Å². The number of aryl methyl sites for hydroxylation is 1. The Morgan fingerprint density at radius 1 is 0.893 bits per heavy atom. The van der Waals surface area contributed by atoms with Crippen LogP contribution in [0, 0.1) is 5.92 Å². The third-order valence-electron chi connectivity index (χ3n) is 5.68. The zero-order valence-corrected chi connectivity index (χ0v) is 16.3. The molecule has 0 bridgehead atoms. The van der Waals surface area contributed by atoms with E-state index in [0.29, 0.717) is 5.92 Å². The number of hydrogen-bond acceptors (Lipinski definition) is 2. The molecule has 1 saturated carbocycles. The summed E-state index contributed by atoms with van der Waals surface area (Å²) in [4.78, 5) is 0. The fourth-order valence-electron chi connectivity index (χ4n) is 4.41. The summed E-state index contributed by atoms with van der Waals surface area (Å²) in [5.74, 6) is 0.361. The van der Waals surface area contributed by atoms with Crippen molar-refractivity contribution in [2.75, 3.05) is 0 Å². The maximum atomic E-state index is 5.63. The van der Waals surface area contributed by atoms with Gasteiger partial charge in [0.05, 0.1) is 11.4 Å². The predicted molar refractivity (Wildman–Crippen MR) is 117 cm³/mol. The van der Waals surface area contributed by atoms with Crippen molar-refractivity contribution in [2.24, 2.45) is 34.6 Å². The minimum atomic E-state index is -0.00481. The minimum absolute atomic E-state index is 0.00481. The van der Waals surface area contributed by atoms with E-state index in [2.05, 4.69) is 70.3 Å². The average molecular weight is 374 g/mol. The average Bonchev–Trinajstić information content (AvgIpc) is 3.02. The second-order valence-corrected chi connectivity index (χ2v) is 7.51. The van der Waals surface area contributed by atoms with Crippen LogP contribution in [0.3, 0.4) is 0 Å². The van der Waals surface area contributed by atoms with E-state index in [1.165, 1.54) is 35.7 Å². The van der Waals surface area contributed by atoms with E-state index in [4.69, 9.17) is 11.5 Å². The molecule has 28 heavy (non-hydrogen) atoms. The van der Waals surface area contributed by atoms with Gasteiger partial charge in [-0.2, -0.15) is 5.10 Å². The maximum Gasteiger partial charge on any atom is 0.211 e. The first-order chi connectivity index (χ1) is 13.7. The first-order valence-corrected chi connectivity index (χ1v) is 9.96. The number of aromatic nitrogens is 1. The molecule has 5 heteroatoms. The summed E-state index contributed by atoms with van der Waals surface area (Å²) < 4.78 is 2.26. The Hall–Kier alpha value is -3.08. The van der Waals surface area contributed by atoms with Gasteiger partial charge in [0, 0.05) is 29.4 Å². The highest BCUT2D eigenvalue weighted by Gasteiger charge is 2.27. The van der Waals surface area contributed by atoms with Gasteiger partial charge in [0.1, 0.15) is 0 Å². The lowest BCUT2D eigenvalue weighted by atomic mass is 9.82. The summed E-state index contributed by atoms with van der Waals surface area (Å²) >= 11 is 0. The Morgan fingerprint density at radius 2 is 1.57 bits per heavy atom. The highest BCUT2D eigenvalue weighted by atomic mass is 15.3. The van der Waals surface area contributed by atoms with Crippen molar-refractivity contribution < 1.29 is 0 Å². The van der Waals surface area contributed by atoms with E-state index < -0.39 is 0 Å². The van der Waals surface area contributed by atoms with Crippen LogP contribution in [0.25, 0.3) is 22.2 Å². The van der Waals surface area contributed by atoms with Gasteiger partial charge in [-0.25, -0.2) is 0 Å². The molecular weight excluding hydrogens is 346 g/mol. The molecule has 0 radical (unpaired) electrons. The van der Waals surface area contributed by atoms with E-state index in [-0.39, 0.29) is 5.96 Å². The smallest absolute Gasteiger partial charge is 0.211 e. The number of para-hydroxylation sites is 1. The lowest BCUT2D eigenvalue weighted by Crippen LogP contribution is -2.23. The molecule has 0 amide bonds. The van der Waals surface area contributed by atoms with E-state index in [1.807, 2.05) is 6.07 Å². The Labute approximate surface area is 165 Å². The van der Waals surface area contributed by atoms with Crippen molar-refractivity contribution in [3.8, 4) is 11.3 Å². The lowest BCUT2D eigenvalue weighted by molar-refractivity contribution is 0.439. The van der Waals surface area contributed by atoms with E-state index in [1.54, 1.807) is 0 Å². The molecule has 0 aliphatic heterocycles. The van der Waals surface area contributed by atoms with E-state index in [9.17, 15) is 0 Å². The molecule has 5 nitrogen and oxygen atoms in total. The van der Waals surface area contributed by atoms with Gasteiger partial charge in [0.15, 0.2) is 0 Å². The Bertz CT molecular complexity index is 1020. The van der Waals surface area contributed by atoms with Gasteiger partial charge < -0.3 is 16.0 Å². The molecule has 4 rings (SSSR count). The molecule has 1 heterocycles. The van der Waals surface area contributed by atoms with Gasteiger partial charge in [-0.1, -0.05) is 67.8 Å². The second-order valence-electron chi connectivity index (χ2n) is 7.51. The number of hydrogen-bond donors (Lipinski definition) is 2. The third kappa shape index (κ3) is 3.40. The van der Waals surface area contributed by atoms with Gasteiger partial charge in [-0.05, 0) is 24.5 Å². The molecule has 1 aliphatic rings. The SMILES string of the molecule is Cn1c(-c2ccccc2)c(C(=NN=C(N)N)C2CCCCC2)c2ccccc21. The second kappa shape index (κ2) is 7.89. The number of fused-ring (bicyclic) bond motifs is 1. The molecular formula is C23H27N5. The molecule has 1 aromatic heterocycles. The van der Waals surface area contributed by atoms with Crippen molar-refractivity contribution in [3.05, 3.63) is 60.2 Å². The van der Waals surface area contributed by atoms with Crippen LogP contribution in [0.15, 0.2) is 64.8 Å². The van der Waals surface area contributed by atoms with Crippen LogP contribution in [0.4, 0.5) is 0 Å². The van der Waals surface area contributed by atoms with Crippen molar-refractivity contribution in [1.29, 1.82) is 0 Å². The number of nitrogens with zero attached hydrogens (tertiary/aromatic N) is 3. The fourth-order valence-corrected chi connectivity index (χ4v) is 4.41. The van der Waals surface area contributed by atoms with Gasteiger partial charge >= 0.3 is 0 Å². The molecule has 0 spiro atoms. The van der Waals surface area contributed by atoms with Crippen LogP contribution in [0.5, 0.6) is 0 Å². The van der Waals surface area contributed by atoms with Crippen LogP contribution in [-0.4, -0.2) is 16.2 Å². The number of benzene rings is 2. The maximum absolute atomic E-state index is 5.63. The molecule has 4 N–H and O–H groups in total. The predicted octanol–water partition coefficient (Wildman–Crippen LogP) is 4.40. The largest absolute Gasteiger partial charge is 0.369 e. The number of nitrogens with two attached hydrogens (primary N) is 2. The van der Waals surface area contributed by atoms with Gasteiger partial charge in [0.25, 0.3) is 0 Å². The minimum Gasteiger partial charge on any atom is -0.369 e. The number of guanidine groups is 1. The normalized spacial score (nSPS) is 15.7. The molecule has 0 atom stereocenters. The Kier molecular flexibility index (Phi) is 5.15. The lowest BCUT2D eigenvalue weighted by Gasteiger charge is -2.23. The number of rotatable bonds is 4. The van der Waals surface area contributed by atoms with E-state index >= 15 is 0 Å². The molecule has 2 aromatic carbocycles.